The van der Waals surface area contributed by atoms with Gasteiger partial charge in [0.2, 0.25) is 0 Å². The van der Waals surface area contributed by atoms with Gasteiger partial charge in [0.25, 0.3) is 6.71 Å². The number of hydrogen-bond donors (Lipinski definition) is 0. The van der Waals surface area contributed by atoms with Crippen molar-refractivity contribution in [2.75, 3.05) is 9.80 Å². The number of para-hydroxylation sites is 1. The highest BCUT2D eigenvalue weighted by Gasteiger charge is 2.49. The fraction of sp³-hybridized carbons (Fsp3) is 0.0816. The Labute approximate surface area is 614 Å². The molecule has 0 unspecified atom stereocenters. The van der Waals surface area contributed by atoms with E-state index in [1.54, 1.807) is 0 Å². The summed E-state index contributed by atoms with van der Waals surface area (Å²) in [4.78, 5) is 5.37. The van der Waals surface area contributed by atoms with Crippen LogP contribution < -0.4 is 67.7 Å². The van der Waals surface area contributed by atoms with Crippen molar-refractivity contribution in [2.24, 2.45) is 0 Å². The van der Waals surface area contributed by atoms with E-state index in [-0.39, 0.29) is 17.5 Å². The Bertz CT molecular complexity index is 5610. The van der Waals surface area contributed by atoms with Crippen LogP contribution in [-0.4, -0.2) is 27.4 Å². The molecular weight excluding hydrogens is 1290 g/mol. The molecule has 1 aromatic heterocycles. The maximum atomic E-state index is 2.69. The van der Waals surface area contributed by atoms with Gasteiger partial charge in [-0.05, 0) is 163 Å². The van der Waals surface area contributed by atoms with E-state index < -0.39 is 16.1 Å². The van der Waals surface area contributed by atoms with Crippen LogP contribution in [0.4, 0.5) is 34.1 Å². The minimum absolute atomic E-state index is 0.0842. The summed E-state index contributed by atoms with van der Waals surface area (Å²) in [6, 6.07) is 144. The van der Waals surface area contributed by atoms with Gasteiger partial charge < -0.3 is 14.4 Å². The number of fused-ring (bicyclic) bond motifs is 7. The van der Waals surface area contributed by atoms with E-state index >= 15 is 0 Å². The van der Waals surface area contributed by atoms with Crippen LogP contribution in [0.3, 0.4) is 0 Å². The molecule has 0 saturated carbocycles. The highest BCUT2D eigenvalue weighted by atomic mass is 28.3. The predicted molar refractivity (Wildman–Crippen MR) is 450 cm³/mol. The number of aromatic nitrogens is 1. The summed E-state index contributed by atoms with van der Waals surface area (Å²) in [5, 5.41) is 13.1. The molecule has 0 saturated heterocycles. The molecule has 18 rings (SSSR count). The Morgan fingerprint density at radius 3 is 1.04 bits per heavy atom. The third kappa shape index (κ3) is 10.5. The lowest BCUT2D eigenvalue weighted by Crippen LogP contribution is -2.75. The van der Waals surface area contributed by atoms with Crippen LogP contribution in [0.2, 0.25) is 0 Å². The van der Waals surface area contributed by atoms with Crippen LogP contribution >= 0.6 is 0 Å². The number of anilines is 6. The summed E-state index contributed by atoms with van der Waals surface area (Å²) < 4.78 is 2.60. The third-order valence-electron chi connectivity index (χ3n) is 22.4. The molecular formula is C98H80BN3Si2. The molecule has 3 heterocycles. The van der Waals surface area contributed by atoms with E-state index in [0.717, 1.165) is 56.5 Å². The van der Waals surface area contributed by atoms with E-state index in [2.05, 4.69) is 432 Å². The average Bonchev–Trinajstić information content (AvgIpc) is 0.846. The monoisotopic (exact) mass is 1370 g/mol. The Hall–Kier alpha value is -11.8. The van der Waals surface area contributed by atoms with Crippen molar-refractivity contribution in [3.8, 4) is 27.9 Å². The van der Waals surface area contributed by atoms with Crippen LogP contribution in [0.5, 0.6) is 0 Å². The molecule has 104 heavy (non-hydrogen) atoms. The predicted octanol–water partition coefficient (Wildman–Crippen LogP) is 17.6. The van der Waals surface area contributed by atoms with Gasteiger partial charge in [0, 0.05) is 44.8 Å². The average molecular weight is 1370 g/mol. The SMILES string of the molecule is CC(C)(C)c1ccc2c(c1)c1cc(C(C)(C)C)ccc1n2-c1cc2c3c(c1)N(c1ccccc1-c1ccccc1)c1cc([Si](c4ccccc4)(c4ccccc4)c4ccccc4)ccc1B3c1ccc([Si](c3ccccc3)(c3ccccc3)c3ccccc3)cc1N2c1cccc(-c2ccccc2)c1. The lowest BCUT2D eigenvalue weighted by Gasteiger charge is -2.46. The van der Waals surface area contributed by atoms with E-state index in [4.69, 9.17) is 0 Å². The highest BCUT2D eigenvalue weighted by Crippen LogP contribution is 2.49. The molecule has 15 aromatic carbocycles. The van der Waals surface area contributed by atoms with Gasteiger partial charge in [0.05, 0.1) is 22.4 Å². The van der Waals surface area contributed by atoms with E-state index in [1.165, 1.54) is 96.4 Å². The van der Waals surface area contributed by atoms with Gasteiger partial charge in [0.1, 0.15) is 0 Å². The Balaban J connectivity index is 1.03. The van der Waals surface area contributed by atoms with Gasteiger partial charge in [-0.2, -0.15) is 0 Å². The Morgan fingerprint density at radius 1 is 0.250 bits per heavy atom. The first-order valence-corrected chi connectivity index (χ1v) is 40.7. The third-order valence-corrected chi connectivity index (χ3v) is 31.9. The minimum Gasteiger partial charge on any atom is -0.311 e. The second kappa shape index (κ2) is 25.6. The standard InChI is InChI=1S/C98H80BN3Si2/c1-97(2,3)72-54-60-90-85(63-72)86-64-73(98(4,5)6)55-61-91(86)101(90)75-65-94-96-95(66-75)102(89-53-32-31-52-84(89)70-36-17-8-18-37-70)93-68-83(104(79-46-25-12-26-47-79,80-48-27-13-28-49-80)81-50-29-14-30-51-81)57-59-88(93)99(96)87-58-56-82(67-92(87)100(94)74-39-33-38-71(62-74)69-34-15-7-16-35-69)103(76-40-19-9-20-41-76,77-42-21-10-22-43-77)78-44-23-11-24-45-78/h7-68H,1-6H3. The van der Waals surface area contributed by atoms with E-state index in [9.17, 15) is 0 Å². The molecule has 2 aliphatic heterocycles. The van der Waals surface area contributed by atoms with Crippen molar-refractivity contribution in [1.29, 1.82) is 0 Å². The quantitative estimate of drug-likeness (QED) is 0.0842. The summed E-state index contributed by atoms with van der Waals surface area (Å²) in [7, 11) is -6.31. The van der Waals surface area contributed by atoms with Crippen LogP contribution in [0.15, 0.2) is 376 Å². The summed E-state index contributed by atoms with van der Waals surface area (Å²) in [6.45, 7) is 13.8. The molecule has 0 aliphatic carbocycles. The Morgan fingerprint density at radius 2 is 0.615 bits per heavy atom. The van der Waals surface area contributed by atoms with Crippen molar-refractivity contribution in [1.82, 2.24) is 4.57 Å². The lowest BCUT2D eigenvalue weighted by molar-refractivity contribution is 0.590. The number of rotatable bonds is 13. The Kier molecular flexibility index (Phi) is 15.8. The first-order chi connectivity index (χ1) is 50.9. The van der Waals surface area contributed by atoms with Crippen LogP contribution in [0.25, 0.3) is 49.7 Å². The largest absolute Gasteiger partial charge is 0.311 e. The molecule has 0 atom stereocenters. The number of benzene rings is 15. The van der Waals surface area contributed by atoms with Crippen molar-refractivity contribution < 1.29 is 0 Å². The molecule has 0 radical (unpaired) electrons. The second-order valence-corrected chi connectivity index (χ2v) is 38.0. The first kappa shape index (κ1) is 64.3. The van der Waals surface area contributed by atoms with Gasteiger partial charge in [-0.3, -0.25) is 0 Å². The van der Waals surface area contributed by atoms with Crippen molar-refractivity contribution in [3.05, 3.63) is 387 Å². The molecule has 498 valence electrons. The highest BCUT2D eigenvalue weighted by molar-refractivity contribution is 7.20. The molecule has 0 fully saturated rings. The van der Waals surface area contributed by atoms with Crippen molar-refractivity contribution in [3.63, 3.8) is 0 Å². The summed E-state index contributed by atoms with van der Waals surface area (Å²) in [5.41, 5.74) is 21.0. The molecule has 0 N–H and O–H groups in total. The van der Waals surface area contributed by atoms with Gasteiger partial charge in [0.15, 0.2) is 16.1 Å². The summed E-state index contributed by atoms with van der Waals surface area (Å²) >= 11 is 0. The van der Waals surface area contributed by atoms with Crippen LogP contribution in [-0.2, 0) is 10.8 Å². The molecule has 3 nitrogen and oxygen atoms in total. The molecule has 0 bridgehead atoms. The van der Waals surface area contributed by atoms with Crippen LogP contribution in [0.1, 0.15) is 52.7 Å². The van der Waals surface area contributed by atoms with Gasteiger partial charge in [-0.1, -0.05) is 351 Å². The lowest BCUT2D eigenvalue weighted by atomic mass is 9.33. The molecule has 16 aromatic rings. The normalized spacial score (nSPS) is 12.8. The summed E-state index contributed by atoms with van der Waals surface area (Å²) in [6.07, 6.45) is 0. The van der Waals surface area contributed by atoms with Crippen LogP contribution in [0, 0.1) is 0 Å². The maximum Gasteiger partial charge on any atom is 0.252 e. The smallest absolute Gasteiger partial charge is 0.252 e. The van der Waals surface area contributed by atoms with E-state index in [1.807, 2.05) is 0 Å². The zero-order chi connectivity index (χ0) is 70.3. The zero-order valence-electron chi connectivity index (χ0n) is 59.7. The summed E-state index contributed by atoms with van der Waals surface area (Å²) in [5.74, 6) is 0. The topological polar surface area (TPSA) is 11.4 Å². The number of nitrogens with zero attached hydrogens (tertiary/aromatic N) is 3. The van der Waals surface area contributed by atoms with Gasteiger partial charge in [-0.15, -0.1) is 0 Å². The fourth-order valence-corrected chi connectivity index (χ4v) is 27.0. The van der Waals surface area contributed by atoms with Crippen molar-refractivity contribution >= 4 is 137 Å². The molecule has 0 spiro atoms. The second-order valence-electron chi connectivity index (χ2n) is 30.3. The van der Waals surface area contributed by atoms with Gasteiger partial charge >= 0.3 is 0 Å². The van der Waals surface area contributed by atoms with Crippen molar-refractivity contribution in [2.45, 2.75) is 52.4 Å². The zero-order valence-corrected chi connectivity index (χ0v) is 61.7. The maximum absolute atomic E-state index is 3.16. The molecule has 0 amide bonds. The molecule has 2 aliphatic rings. The van der Waals surface area contributed by atoms with Gasteiger partial charge in [-0.25, -0.2) is 0 Å². The molecule has 6 heteroatoms. The number of hydrogen-bond acceptors (Lipinski definition) is 2. The first-order valence-electron chi connectivity index (χ1n) is 36.7. The fourth-order valence-electron chi connectivity index (χ4n) is 17.5. The minimum atomic E-state index is -3.16. The van der Waals surface area contributed by atoms with E-state index in [0.29, 0.717) is 0 Å².